The molecule has 0 fully saturated rings. The molecule has 0 atom stereocenters. The van der Waals surface area contributed by atoms with Crippen LogP contribution in [0.25, 0.3) is 10.6 Å². The summed E-state index contributed by atoms with van der Waals surface area (Å²) in [4.78, 5) is 11.1. The highest BCUT2D eigenvalue weighted by molar-refractivity contribution is 7.15. The Morgan fingerprint density at radius 1 is 1.33 bits per heavy atom. The van der Waals surface area contributed by atoms with Crippen LogP contribution in [0.1, 0.15) is 10.6 Å². The summed E-state index contributed by atoms with van der Waals surface area (Å²) in [5.74, 6) is 0. The smallest absolute Gasteiger partial charge is 0.0988 e. The van der Waals surface area contributed by atoms with E-state index in [9.17, 15) is 0 Å². The molecule has 2 rings (SSSR count). The quantitative estimate of drug-likeness (QED) is 0.859. The van der Waals surface area contributed by atoms with E-state index in [1.165, 1.54) is 9.75 Å². The van der Waals surface area contributed by atoms with Gasteiger partial charge in [0.2, 0.25) is 0 Å². The largest absolute Gasteiger partial charge is 0.330 e. The summed E-state index contributed by atoms with van der Waals surface area (Å²) in [5, 5.41) is 0. The van der Waals surface area contributed by atoms with Crippen LogP contribution in [0, 0.1) is 6.92 Å². The monoisotopic (exact) mass is 219 g/mol. The van der Waals surface area contributed by atoms with Crippen molar-refractivity contribution < 1.29 is 0 Å². The third kappa shape index (κ3) is 2.40. The summed E-state index contributed by atoms with van der Waals surface area (Å²) in [6.45, 7) is 2.70. The van der Waals surface area contributed by atoms with Gasteiger partial charge in [-0.1, -0.05) is 0 Å². The number of hydrogen-bond acceptors (Lipinski definition) is 4. The molecule has 0 aliphatic heterocycles. The van der Waals surface area contributed by atoms with E-state index < -0.39 is 0 Å². The zero-order valence-electron chi connectivity index (χ0n) is 8.60. The van der Waals surface area contributed by atoms with E-state index in [1.54, 1.807) is 23.7 Å². The van der Waals surface area contributed by atoms with Crippen molar-refractivity contribution in [1.29, 1.82) is 0 Å². The Balaban J connectivity index is 2.32. The summed E-state index contributed by atoms with van der Waals surface area (Å²) in [6, 6.07) is 4.17. The van der Waals surface area contributed by atoms with E-state index >= 15 is 0 Å². The molecule has 0 aliphatic carbocycles. The molecule has 0 spiro atoms. The van der Waals surface area contributed by atoms with Gasteiger partial charge in [0.1, 0.15) is 0 Å². The van der Waals surface area contributed by atoms with Crippen molar-refractivity contribution in [3.63, 3.8) is 0 Å². The molecule has 0 saturated carbocycles. The van der Waals surface area contributed by atoms with E-state index in [4.69, 9.17) is 5.73 Å². The normalized spacial score (nSPS) is 10.5. The van der Waals surface area contributed by atoms with E-state index in [0.29, 0.717) is 6.54 Å². The van der Waals surface area contributed by atoms with Crippen LogP contribution in [0.2, 0.25) is 0 Å². The topological polar surface area (TPSA) is 51.8 Å². The van der Waals surface area contributed by atoms with Crippen molar-refractivity contribution in [2.45, 2.75) is 13.3 Å². The van der Waals surface area contributed by atoms with Crippen LogP contribution in [0.3, 0.4) is 0 Å². The number of thiophene rings is 1. The van der Waals surface area contributed by atoms with Crippen molar-refractivity contribution in [3.05, 3.63) is 35.1 Å². The Morgan fingerprint density at radius 2 is 2.20 bits per heavy atom. The second kappa shape index (κ2) is 4.51. The fraction of sp³-hybridized carbons (Fsp3) is 0.273. The predicted molar refractivity (Wildman–Crippen MR) is 62.8 cm³/mol. The van der Waals surface area contributed by atoms with Gasteiger partial charge in [-0.15, -0.1) is 11.3 Å². The summed E-state index contributed by atoms with van der Waals surface area (Å²) < 4.78 is 0. The van der Waals surface area contributed by atoms with E-state index in [1.807, 2.05) is 0 Å². The molecule has 0 bridgehead atoms. The van der Waals surface area contributed by atoms with Crippen LogP contribution >= 0.6 is 11.3 Å². The number of aromatic nitrogens is 2. The summed E-state index contributed by atoms with van der Waals surface area (Å²) in [5.41, 5.74) is 7.39. The van der Waals surface area contributed by atoms with Crippen molar-refractivity contribution in [2.24, 2.45) is 5.73 Å². The van der Waals surface area contributed by atoms with Crippen LogP contribution in [0.5, 0.6) is 0 Å². The van der Waals surface area contributed by atoms with Gasteiger partial charge in [0, 0.05) is 17.5 Å². The van der Waals surface area contributed by atoms with Gasteiger partial charge in [0.25, 0.3) is 0 Å². The van der Waals surface area contributed by atoms with E-state index in [0.717, 1.165) is 17.8 Å². The van der Waals surface area contributed by atoms with Gasteiger partial charge in [-0.3, -0.25) is 4.98 Å². The zero-order valence-corrected chi connectivity index (χ0v) is 9.42. The molecule has 2 aromatic heterocycles. The molecule has 0 radical (unpaired) electrons. The molecular formula is C11H13N3S. The maximum atomic E-state index is 5.49. The summed E-state index contributed by atoms with van der Waals surface area (Å²) in [6.07, 6.45) is 4.35. The molecule has 3 nitrogen and oxygen atoms in total. The Labute approximate surface area is 93.0 Å². The molecule has 0 aromatic carbocycles. The third-order valence-corrected chi connectivity index (χ3v) is 3.10. The lowest BCUT2D eigenvalue weighted by atomic mass is 10.3. The molecule has 4 heteroatoms. The van der Waals surface area contributed by atoms with Crippen molar-refractivity contribution >= 4 is 11.3 Å². The first-order chi connectivity index (χ1) is 7.29. The standard InChI is InChI=1S/C11H13N3S/c1-8-2-3-11(15-8)10-7-13-6-9(14-10)4-5-12/h2-3,6-7H,4-5,12H2,1H3. The number of hydrogen-bond donors (Lipinski definition) is 1. The van der Waals surface area contributed by atoms with Crippen LogP contribution in [-0.4, -0.2) is 16.5 Å². The molecule has 0 saturated heterocycles. The Morgan fingerprint density at radius 3 is 2.87 bits per heavy atom. The van der Waals surface area contributed by atoms with Crippen molar-refractivity contribution in [3.8, 4) is 10.6 Å². The highest BCUT2D eigenvalue weighted by Gasteiger charge is 2.03. The summed E-state index contributed by atoms with van der Waals surface area (Å²) >= 11 is 1.73. The molecule has 0 amide bonds. The summed E-state index contributed by atoms with van der Waals surface area (Å²) in [7, 11) is 0. The SMILES string of the molecule is Cc1ccc(-c2cncc(CCN)n2)s1. The number of nitrogens with zero attached hydrogens (tertiary/aromatic N) is 2. The lowest BCUT2D eigenvalue weighted by Gasteiger charge is -2.00. The van der Waals surface area contributed by atoms with Crippen molar-refractivity contribution in [1.82, 2.24) is 9.97 Å². The van der Waals surface area contributed by atoms with Gasteiger partial charge in [-0.2, -0.15) is 0 Å². The average molecular weight is 219 g/mol. The lowest BCUT2D eigenvalue weighted by Crippen LogP contribution is -2.05. The molecule has 0 unspecified atom stereocenters. The Kier molecular flexibility index (Phi) is 3.08. The predicted octanol–water partition coefficient (Wildman–Crippen LogP) is 2.01. The molecule has 15 heavy (non-hydrogen) atoms. The molecule has 2 aromatic rings. The average Bonchev–Trinajstić information content (AvgIpc) is 2.66. The molecule has 2 heterocycles. The second-order valence-corrected chi connectivity index (χ2v) is 4.63. The van der Waals surface area contributed by atoms with E-state index in [-0.39, 0.29) is 0 Å². The van der Waals surface area contributed by atoms with Crippen LogP contribution in [0.15, 0.2) is 24.5 Å². The minimum Gasteiger partial charge on any atom is -0.330 e. The second-order valence-electron chi connectivity index (χ2n) is 3.34. The van der Waals surface area contributed by atoms with Gasteiger partial charge in [0.15, 0.2) is 0 Å². The fourth-order valence-corrected chi connectivity index (χ4v) is 2.19. The number of aryl methyl sites for hydroxylation is 1. The first kappa shape index (κ1) is 10.3. The molecule has 78 valence electrons. The van der Waals surface area contributed by atoms with Gasteiger partial charge >= 0.3 is 0 Å². The molecular weight excluding hydrogens is 206 g/mol. The maximum Gasteiger partial charge on any atom is 0.0988 e. The van der Waals surface area contributed by atoms with E-state index in [2.05, 4.69) is 29.0 Å². The van der Waals surface area contributed by atoms with Gasteiger partial charge in [-0.25, -0.2) is 4.98 Å². The molecule has 2 N–H and O–H groups in total. The third-order valence-electron chi connectivity index (χ3n) is 2.08. The fourth-order valence-electron chi connectivity index (χ4n) is 1.37. The highest BCUT2D eigenvalue weighted by Crippen LogP contribution is 2.25. The van der Waals surface area contributed by atoms with Gasteiger partial charge < -0.3 is 5.73 Å². The maximum absolute atomic E-state index is 5.49. The highest BCUT2D eigenvalue weighted by atomic mass is 32.1. The lowest BCUT2D eigenvalue weighted by molar-refractivity contribution is 0.911. The first-order valence-corrected chi connectivity index (χ1v) is 5.69. The Bertz CT molecular complexity index is 451. The van der Waals surface area contributed by atoms with Gasteiger partial charge in [-0.05, 0) is 25.6 Å². The number of nitrogens with two attached hydrogens (primary N) is 1. The van der Waals surface area contributed by atoms with Crippen molar-refractivity contribution in [2.75, 3.05) is 6.54 Å². The van der Waals surface area contributed by atoms with Gasteiger partial charge in [0.05, 0.1) is 22.5 Å². The van der Waals surface area contributed by atoms with Crippen LogP contribution < -0.4 is 5.73 Å². The minimum atomic E-state index is 0.613. The van der Waals surface area contributed by atoms with Crippen LogP contribution in [-0.2, 0) is 6.42 Å². The molecule has 0 aliphatic rings. The zero-order chi connectivity index (χ0) is 10.7. The van der Waals surface area contributed by atoms with Crippen LogP contribution in [0.4, 0.5) is 0 Å². The number of rotatable bonds is 3. The Hall–Kier alpha value is -1.26. The minimum absolute atomic E-state index is 0.613. The first-order valence-electron chi connectivity index (χ1n) is 4.87.